The Morgan fingerprint density at radius 2 is 1.88 bits per heavy atom. The van der Waals surface area contributed by atoms with Gasteiger partial charge in [0, 0.05) is 23.7 Å². The van der Waals surface area contributed by atoms with Crippen molar-refractivity contribution in [3.05, 3.63) is 63.7 Å². The molecule has 0 spiro atoms. The SMILES string of the molecule is Cc1cc(OCC(F)(F)F)cc2c1C(=O)N(Cc1ccc(Cl)cc1)C2. The molecule has 2 aromatic rings. The summed E-state index contributed by atoms with van der Waals surface area (Å²) >= 11 is 5.86. The number of nitrogens with zero attached hydrogens (tertiary/aromatic N) is 1. The average Bonchev–Trinajstić information content (AvgIpc) is 2.83. The van der Waals surface area contributed by atoms with E-state index in [0.717, 1.165) is 5.56 Å². The van der Waals surface area contributed by atoms with Crippen molar-refractivity contribution < 1.29 is 22.7 Å². The third-order valence-electron chi connectivity index (χ3n) is 3.94. The van der Waals surface area contributed by atoms with Crippen LogP contribution in [0.15, 0.2) is 36.4 Å². The van der Waals surface area contributed by atoms with Crippen LogP contribution in [0.4, 0.5) is 13.2 Å². The van der Waals surface area contributed by atoms with E-state index in [1.54, 1.807) is 24.0 Å². The van der Waals surface area contributed by atoms with Gasteiger partial charge < -0.3 is 9.64 Å². The molecule has 3 nitrogen and oxygen atoms in total. The second-order valence-electron chi connectivity index (χ2n) is 5.97. The number of rotatable bonds is 4. The average molecular weight is 370 g/mol. The molecule has 1 heterocycles. The van der Waals surface area contributed by atoms with E-state index >= 15 is 0 Å². The highest BCUT2D eigenvalue weighted by Crippen LogP contribution is 2.32. The maximum absolute atomic E-state index is 12.6. The van der Waals surface area contributed by atoms with Gasteiger partial charge in [0.1, 0.15) is 5.75 Å². The number of benzene rings is 2. The summed E-state index contributed by atoms with van der Waals surface area (Å²) in [5, 5.41) is 0.613. The molecule has 2 aromatic carbocycles. The van der Waals surface area contributed by atoms with Crippen molar-refractivity contribution in [2.24, 2.45) is 0 Å². The summed E-state index contributed by atoms with van der Waals surface area (Å²) < 4.78 is 41.8. The van der Waals surface area contributed by atoms with Crippen molar-refractivity contribution in [2.45, 2.75) is 26.2 Å². The molecule has 0 fully saturated rings. The largest absolute Gasteiger partial charge is 0.484 e. The molecule has 0 bridgehead atoms. The zero-order valence-electron chi connectivity index (χ0n) is 13.4. The Hall–Kier alpha value is -2.21. The first-order chi connectivity index (χ1) is 11.7. The maximum atomic E-state index is 12.6. The van der Waals surface area contributed by atoms with E-state index in [-0.39, 0.29) is 11.7 Å². The maximum Gasteiger partial charge on any atom is 0.422 e. The fraction of sp³-hybridized carbons (Fsp3) is 0.278. The number of carbonyl (C=O) groups is 1. The van der Waals surface area contributed by atoms with E-state index in [0.29, 0.717) is 34.8 Å². The molecule has 7 heteroatoms. The quantitative estimate of drug-likeness (QED) is 0.778. The lowest BCUT2D eigenvalue weighted by molar-refractivity contribution is -0.153. The van der Waals surface area contributed by atoms with Gasteiger partial charge in [0.15, 0.2) is 6.61 Å². The third-order valence-corrected chi connectivity index (χ3v) is 4.19. The molecule has 0 radical (unpaired) electrons. The number of carbonyl (C=O) groups excluding carboxylic acids is 1. The van der Waals surface area contributed by atoms with Gasteiger partial charge in [-0.25, -0.2) is 0 Å². The van der Waals surface area contributed by atoms with Gasteiger partial charge in [0.05, 0.1) is 0 Å². The fourth-order valence-corrected chi connectivity index (χ4v) is 3.00. The van der Waals surface area contributed by atoms with Crippen molar-refractivity contribution in [2.75, 3.05) is 6.61 Å². The summed E-state index contributed by atoms with van der Waals surface area (Å²) in [6.07, 6.45) is -4.40. The molecular weight excluding hydrogens is 355 g/mol. The molecule has 0 atom stereocenters. The molecule has 0 saturated heterocycles. The highest BCUT2D eigenvalue weighted by molar-refractivity contribution is 6.30. The second-order valence-corrected chi connectivity index (χ2v) is 6.40. The van der Waals surface area contributed by atoms with Gasteiger partial charge in [-0.05, 0) is 47.9 Å². The molecule has 1 aliphatic heterocycles. The standard InChI is InChI=1S/C18H15ClF3NO2/c1-11-6-15(25-10-18(20,21)22)7-13-9-23(17(24)16(11)13)8-12-2-4-14(19)5-3-12/h2-7H,8-10H2,1H3. The van der Waals surface area contributed by atoms with Gasteiger partial charge >= 0.3 is 6.18 Å². The van der Waals surface area contributed by atoms with Gasteiger partial charge in [-0.1, -0.05) is 23.7 Å². The second kappa shape index (κ2) is 6.59. The Morgan fingerprint density at radius 1 is 1.20 bits per heavy atom. The highest BCUT2D eigenvalue weighted by Gasteiger charge is 2.31. The number of amides is 1. The number of aryl methyl sites for hydroxylation is 1. The summed E-state index contributed by atoms with van der Waals surface area (Å²) in [5.41, 5.74) is 2.75. The van der Waals surface area contributed by atoms with E-state index in [9.17, 15) is 18.0 Å². The Morgan fingerprint density at radius 3 is 2.52 bits per heavy atom. The summed E-state index contributed by atoms with van der Waals surface area (Å²) in [7, 11) is 0. The van der Waals surface area contributed by atoms with Crippen LogP contribution in [0.5, 0.6) is 5.75 Å². The van der Waals surface area contributed by atoms with Crippen molar-refractivity contribution in [1.82, 2.24) is 4.90 Å². The van der Waals surface area contributed by atoms with Crippen molar-refractivity contribution in [1.29, 1.82) is 0 Å². The van der Waals surface area contributed by atoms with Crippen LogP contribution in [0.2, 0.25) is 5.02 Å². The Kier molecular flexibility index (Phi) is 4.64. The number of ether oxygens (including phenoxy) is 1. The van der Waals surface area contributed by atoms with E-state index in [2.05, 4.69) is 0 Å². The monoisotopic (exact) mass is 369 g/mol. The molecule has 0 aliphatic carbocycles. The molecule has 0 saturated carbocycles. The van der Waals surface area contributed by atoms with E-state index in [4.69, 9.17) is 16.3 Å². The number of hydrogen-bond donors (Lipinski definition) is 0. The van der Waals surface area contributed by atoms with Crippen molar-refractivity contribution in [3.63, 3.8) is 0 Å². The van der Waals surface area contributed by atoms with Crippen LogP contribution in [0.25, 0.3) is 0 Å². The summed E-state index contributed by atoms with van der Waals surface area (Å²) in [6.45, 7) is 1.08. The van der Waals surface area contributed by atoms with Gasteiger partial charge in [-0.2, -0.15) is 13.2 Å². The van der Waals surface area contributed by atoms with E-state index in [1.165, 1.54) is 12.1 Å². The van der Waals surface area contributed by atoms with Crippen LogP contribution in [0, 0.1) is 6.92 Å². The normalized spacial score (nSPS) is 14.0. The number of halogens is 4. The van der Waals surface area contributed by atoms with E-state index in [1.807, 2.05) is 12.1 Å². The Balaban J connectivity index is 1.78. The van der Waals surface area contributed by atoms with Gasteiger partial charge in [-0.15, -0.1) is 0 Å². The predicted octanol–water partition coefficient (Wildman–Crippen LogP) is 4.75. The Bertz CT molecular complexity index is 803. The lowest BCUT2D eigenvalue weighted by Gasteiger charge is -2.15. The fourth-order valence-electron chi connectivity index (χ4n) is 2.88. The molecule has 0 unspecified atom stereocenters. The minimum atomic E-state index is -4.40. The van der Waals surface area contributed by atoms with Gasteiger partial charge in [0.2, 0.25) is 0 Å². The smallest absolute Gasteiger partial charge is 0.422 e. The lowest BCUT2D eigenvalue weighted by atomic mass is 10.0. The Labute approximate surface area is 148 Å². The van der Waals surface area contributed by atoms with Gasteiger partial charge in [-0.3, -0.25) is 4.79 Å². The zero-order chi connectivity index (χ0) is 18.2. The first kappa shape index (κ1) is 17.6. The molecule has 0 N–H and O–H groups in total. The van der Waals surface area contributed by atoms with Crippen LogP contribution < -0.4 is 4.74 Å². The first-order valence-corrected chi connectivity index (χ1v) is 7.97. The van der Waals surface area contributed by atoms with Crippen molar-refractivity contribution >= 4 is 17.5 Å². The van der Waals surface area contributed by atoms with Crippen LogP contribution in [-0.4, -0.2) is 23.6 Å². The molecule has 132 valence electrons. The third kappa shape index (κ3) is 4.07. The number of alkyl halides is 3. The van der Waals surface area contributed by atoms with Crippen LogP contribution in [0.3, 0.4) is 0 Å². The van der Waals surface area contributed by atoms with Crippen LogP contribution in [0.1, 0.15) is 27.0 Å². The molecule has 1 amide bonds. The van der Waals surface area contributed by atoms with Gasteiger partial charge in [0.25, 0.3) is 5.91 Å². The topological polar surface area (TPSA) is 29.5 Å². The van der Waals surface area contributed by atoms with E-state index < -0.39 is 12.8 Å². The highest BCUT2D eigenvalue weighted by atomic mass is 35.5. The van der Waals surface area contributed by atoms with Crippen molar-refractivity contribution in [3.8, 4) is 5.75 Å². The minimum absolute atomic E-state index is 0.120. The summed E-state index contributed by atoms with van der Waals surface area (Å²) in [4.78, 5) is 14.2. The lowest BCUT2D eigenvalue weighted by Crippen LogP contribution is -2.23. The van der Waals surface area contributed by atoms with Crippen LogP contribution >= 0.6 is 11.6 Å². The molecule has 0 aromatic heterocycles. The number of hydrogen-bond acceptors (Lipinski definition) is 2. The minimum Gasteiger partial charge on any atom is -0.484 e. The molecule has 25 heavy (non-hydrogen) atoms. The molecule has 3 rings (SSSR count). The predicted molar refractivity (Wildman–Crippen MR) is 87.8 cm³/mol. The van der Waals surface area contributed by atoms with Crippen LogP contribution in [-0.2, 0) is 13.1 Å². The molecule has 1 aliphatic rings. The summed E-state index contributed by atoms with van der Waals surface area (Å²) in [6, 6.07) is 10.1. The first-order valence-electron chi connectivity index (χ1n) is 7.60. The molecular formula is C18H15ClF3NO2. The zero-order valence-corrected chi connectivity index (χ0v) is 14.1. The summed E-state index contributed by atoms with van der Waals surface area (Å²) in [5.74, 6) is -0.0143. The number of fused-ring (bicyclic) bond motifs is 1.